The van der Waals surface area contributed by atoms with Gasteiger partial charge in [-0.15, -0.1) is 11.8 Å². The Morgan fingerprint density at radius 3 is 2.73 bits per heavy atom. The van der Waals surface area contributed by atoms with Gasteiger partial charge in [-0.2, -0.15) is 0 Å². The number of hydrogen-bond donors (Lipinski definition) is 2. The van der Waals surface area contributed by atoms with Gasteiger partial charge in [0, 0.05) is 34.8 Å². The van der Waals surface area contributed by atoms with Crippen molar-refractivity contribution in [2.75, 3.05) is 17.6 Å². The summed E-state index contributed by atoms with van der Waals surface area (Å²) >= 11 is 1.75. The third-order valence-electron chi connectivity index (χ3n) is 4.30. The van der Waals surface area contributed by atoms with Gasteiger partial charge in [-0.3, -0.25) is 9.78 Å². The van der Waals surface area contributed by atoms with Crippen LogP contribution in [0, 0.1) is 0 Å². The van der Waals surface area contributed by atoms with E-state index in [9.17, 15) is 9.59 Å². The number of aryl methyl sites for hydroxylation is 1. The van der Waals surface area contributed by atoms with Crippen molar-refractivity contribution >= 4 is 29.4 Å². The number of pyridine rings is 1. The lowest BCUT2D eigenvalue weighted by Crippen LogP contribution is -2.45. The molecule has 2 aromatic rings. The van der Waals surface area contributed by atoms with Crippen molar-refractivity contribution in [3.8, 4) is 0 Å². The summed E-state index contributed by atoms with van der Waals surface area (Å²) in [4.78, 5) is 30.7. The van der Waals surface area contributed by atoms with Crippen molar-refractivity contribution < 1.29 is 9.59 Å². The predicted octanol–water partition coefficient (Wildman–Crippen LogP) is 2.90. The van der Waals surface area contributed by atoms with Crippen molar-refractivity contribution in [3.63, 3.8) is 0 Å². The zero-order valence-corrected chi connectivity index (χ0v) is 15.2. The first-order valence-electron chi connectivity index (χ1n) is 8.63. The molecular formula is C19H22N4O2S. The summed E-state index contributed by atoms with van der Waals surface area (Å²) in [5, 5.41) is 2.84. The molecule has 1 aromatic heterocycles. The van der Waals surface area contributed by atoms with E-state index in [4.69, 9.17) is 5.73 Å². The second-order valence-electron chi connectivity index (χ2n) is 6.13. The van der Waals surface area contributed by atoms with Gasteiger partial charge in [-0.05, 0) is 55.7 Å². The lowest BCUT2D eigenvalue weighted by molar-refractivity contribution is -0.121. The average Bonchev–Trinajstić information content (AvgIpc) is 3.14. The van der Waals surface area contributed by atoms with Crippen LogP contribution in [-0.4, -0.2) is 40.2 Å². The molecule has 0 aliphatic carbocycles. The Morgan fingerprint density at radius 2 is 2.04 bits per heavy atom. The van der Waals surface area contributed by atoms with Crippen molar-refractivity contribution in [1.29, 1.82) is 0 Å². The van der Waals surface area contributed by atoms with E-state index in [-0.39, 0.29) is 6.03 Å². The molecule has 1 fully saturated rings. The van der Waals surface area contributed by atoms with Crippen LogP contribution in [0.1, 0.15) is 18.5 Å². The highest BCUT2D eigenvalue weighted by atomic mass is 32.2. The van der Waals surface area contributed by atoms with Crippen LogP contribution < -0.4 is 11.1 Å². The molecular weight excluding hydrogens is 348 g/mol. The molecule has 0 bridgehead atoms. The average molecular weight is 370 g/mol. The fourth-order valence-electron chi connectivity index (χ4n) is 2.95. The van der Waals surface area contributed by atoms with Crippen molar-refractivity contribution in [3.05, 3.63) is 54.4 Å². The second kappa shape index (κ2) is 8.71. The van der Waals surface area contributed by atoms with Crippen LogP contribution in [0.2, 0.25) is 0 Å². The summed E-state index contributed by atoms with van der Waals surface area (Å²) in [6.07, 6.45) is 4.15. The second-order valence-corrected chi connectivity index (χ2v) is 7.30. The van der Waals surface area contributed by atoms with Crippen LogP contribution in [-0.2, 0) is 11.2 Å². The number of nitrogens with two attached hydrogens (primary N) is 1. The molecule has 1 aromatic carbocycles. The van der Waals surface area contributed by atoms with Gasteiger partial charge in [-0.1, -0.05) is 6.07 Å². The summed E-state index contributed by atoms with van der Waals surface area (Å²) in [5.41, 5.74) is 7.15. The van der Waals surface area contributed by atoms with E-state index in [0.29, 0.717) is 18.7 Å². The number of likely N-dealkylation sites (tertiary alicyclic amines) is 1. The summed E-state index contributed by atoms with van der Waals surface area (Å²) in [7, 11) is 0. The summed E-state index contributed by atoms with van der Waals surface area (Å²) in [6.45, 7) is 0.556. The van der Waals surface area contributed by atoms with Crippen molar-refractivity contribution in [1.82, 2.24) is 9.88 Å². The number of nitrogens with one attached hydrogen (secondary N) is 1. The van der Waals surface area contributed by atoms with Crippen molar-refractivity contribution in [2.24, 2.45) is 5.73 Å². The molecule has 136 valence electrons. The third kappa shape index (κ3) is 4.76. The Morgan fingerprint density at radius 1 is 1.23 bits per heavy atom. The van der Waals surface area contributed by atoms with E-state index >= 15 is 0 Å². The van der Waals surface area contributed by atoms with E-state index < -0.39 is 11.9 Å². The number of carbonyl (C=O) groups is 2. The maximum absolute atomic E-state index is 12.3. The van der Waals surface area contributed by atoms with Crippen LogP contribution >= 0.6 is 11.8 Å². The summed E-state index contributed by atoms with van der Waals surface area (Å²) in [6, 6.07) is 12.9. The molecule has 3 rings (SSSR count). The van der Waals surface area contributed by atoms with Gasteiger partial charge in [-0.25, -0.2) is 4.79 Å². The fourth-order valence-corrected chi connectivity index (χ4v) is 3.83. The minimum Gasteiger partial charge on any atom is -0.368 e. The van der Waals surface area contributed by atoms with Gasteiger partial charge in [0.25, 0.3) is 0 Å². The molecule has 1 aliphatic rings. The van der Waals surface area contributed by atoms with Crippen LogP contribution in [0.15, 0.2) is 53.6 Å². The highest BCUT2D eigenvalue weighted by molar-refractivity contribution is 7.99. The number of nitrogens with zero attached hydrogens (tertiary/aromatic N) is 2. The highest BCUT2D eigenvalue weighted by Crippen LogP contribution is 2.22. The Labute approximate surface area is 157 Å². The predicted molar refractivity (Wildman–Crippen MR) is 103 cm³/mol. The quantitative estimate of drug-likeness (QED) is 0.765. The number of urea groups is 1. The molecule has 0 spiro atoms. The zero-order valence-electron chi connectivity index (χ0n) is 14.4. The van der Waals surface area contributed by atoms with Crippen molar-refractivity contribution in [2.45, 2.75) is 30.2 Å². The van der Waals surface area contributed by atoms with Gasteiger partial charge in [0.1, 0.15) is 6.04 Å². The van der Waals surface area contributed by atoms with Crippen LogP contribution in [0.25, 0.3) is 0 Å². The molecule has 0 saturated carbocycles. The number of benzene rings is 1. The Bertz CT molecular complexity index is 752. The lowest BCUT2D eigenvalue weighted by atomic mass is 10.2. The van der Waals surface area contributed by atoms with Crippen LogP contribution in [0.3, 0.4) is 0 Å². The Kier molecular flexibility index (Phi) is 6.12. The molecule has 3 amide bonds. The molecule has 1 atom stereocenters. The van der Waals surface area contributed by atoms with Gasteiger partial charge in [0.05, 0.1) is 0 Å². The van der Waals surface area contributed by atoms with Crippen LogP contribution in [0.4, 0.5) is 10.5 Å². The highest BCUT2D eigenvalue weighted by Gasteiger charge is 2.32. The summed E-state index contributed by atoms with van der Waals surface area (Å²) in [5.74, 6) is 0.494. The zero-order chi connectivity index (χ0) is 18.4. The molecule has 2 heterocycles. The van der Waals surface area contributed by atoms with Gasteiger partial charge >= 0.3 is 6.03 Å². The number of rotatable bonds is 6. The molecule has 7 heteroatoms. The number of primary amides is 1. The standard InChI is InChI=1S/C19H22N4O2S/c20-18(24)17-5-3-12-23(17)19(25)22-15-6-8-16(9-7-15)26-13-10-14-4-1-2-11-21-14/h1-2,4,6-9,11,17H,3,5,10,12-13H2,(H2,20,24)(H,22,25)/t17-/m1/s1. The molecule has 1 aliphatic heterocycles. The van der Waals surface area contributed by atoms with Gasteiger partial charge in [0.15, 0.2) is 0 Å². The largest absolute Gasteiger partial charge is 0.368 e. The lowest BCUT2D eigenvalue weighted by Gasteiger charge is -2.22. The Hall–Kier alpha value is -2.54. The minimum atomic E-state index is -0.503. The molecule has 6 nitrogen and oxygen atoms in total. The number of carbonyl (C=O) groups excluding carboxylic acids is 2. The van der Waals surface area contributed by atoms with E-state index in [2.05, 4.69) is 10.3 Å². The topological polar surface area (TPSA) is 88.3 Å². The maximum atomic E-state index is 12.3. The first-order valence-corrected chi connectivity index (χ1v) is 9.62. The van der Waals surface area contributed by atoms with Gasteiger partial charge in [0.2, 0.25) is 5.91 Å². The fraction of sp³-hybridized carbons (Fsp3) is 0.316. The smallest absolute Gasteiger partial charge is 0.322 e. The number of amides is 3. The van der Waals surface area contributed by atoms with E-state index in [0.717, 1.165) is 29.2 Å². The molecule has 1 saturated heterocycles. The third-order valence-corrected chi connectivity index (χ3v) is 5.31. The first-order chi connectivity index (χ1) is 12.6. The minimum absolute atomic E-state index is 0.276. The SMILES string of the molecule is NC(=O)[C@H]1CCCN1C(=O)Nc1ccc(SCCc2ccccn2)cc1. The summed E-state index contributed by atoms with van der Waals surface area (Å²) < 4.78 is 0. The maximum Gasteiger partial charge on any atom is 0.322 e. The number of hydrogen-bond acceptors (Lipinski definition) is 4. The number of aromatic nitrogens is 1. The van der Waals surface area contributed by atoms with E-state index in [1.807, 2.05) is 42.5 Å². The number of anilines is 1. The molecule has 26 heavy (non-hydrogen) atoms. The molecule has 3 N–H and O–H groups in total. The molecule has 0 unspecified atom stereocenters. The first kappa shape index (κ1) is 18.3. The van der Waals surface area contributed by atoms with E-state index in [1.54, 1.807) is 18.0 Å². The van der Waals surface area contributed by atoms with E-state index in [1.165, 1.54) is 4.90 Å². The number of thioether (sulfide) groups is 1. The molecule has 0 radical (unpaired) electrons. The monoisotopic (exact) mass is 370 g/mol. The normalized spacial score (nSPS) is 16.5. The van der Waals surface area contributed by atoms with Gasteiger partial charge < -0.3 is 16.0 Å². The van der Waals surface area contributed by atoms with Crippen LogP contribution in [0.5, 0.6) is 0 Å². The Balaban J connectivity index is 1.49.